The molecule has 0 fully saturated rings. The lowest BCUT2D eigenvalue weighted by atomic mass is 10.0. The molecule has 0 saturated carbocycles. The first-order chi connectivity index (χ1) is 12.0. The van der Waals surface area contributed by atoms with Gasteiger partial charge in [0, 0.05) is 6.54 Å². The second kappa shape index (κ2) is 11.0. The van der Waals surface area contributed by atoms with Gasteiger partial charge in [0.15, 0.2) is 12.2 Å². The molecule has 0 radical (unpaired) electrons. The second-order valence-corrected chi connectivity index (χ2v) is 5.58. The van der Waals surface area contributed by atoms with Gasteiger partial charge in [-0.3, -0.25) is 0 Å². The van der Waals surface area contributed by atoms with Crippen molar-refractivity contribution in [2.24, 2.45) is 5.73 Å². The van der Waals surface area contributed by atoms with E-state index in [1.165, 1.54) is 5.56 Å². The van der Waals surface area contributed by atoms with Crippen molar-refractivity contribution in [2.75, 3.05) is 20.6 Å². The van der Waals surface area contributed by atoms with E-state index in [-0.39, 0.29) is 0 Å². The molecule has 6 N–H and O–H groups in total. The normalized spacial score (nSPS) is 12.5. The van der Waals surface area contributed by atoms with Crippen molar-refractivity contribution < 1.29 is 39.5 Å². The molecule has 2 unspecified atom stereocenters. The first kappa shape index (κ1) is 23.3. The molecule has 0 aromatic heterocycles. The van der Waals surface area contributed by atoms with Gasteiger partial charge in [0.2, 0.25) is 0 Å². The van der Waals surface area contributed by atoms with Crippen molar-refractivity contribution in [1.29, 1.82) is 0 Å². The molecular formula is C16H24N2O8. The molecule has 1 aromatic rings. The molecule has 0 heterocycles. The van der Waals surface area contributed by atoms with E-state index >= 15 is 0 Å². The predicted octanol–water partition coefficient (Wildman–Crippen LogP) is -0.566. The van der Waals surface area contributed by atoms with E-state index in [9.17, 15) is 14.4 Å². The van der Waals surface area contributed by atoms with Crippen LogP contribution >= 0.6 is 0 Å². The number of aliphatic hydroxyl groups excluding tert-OH is 2. The number of carboxylic acid groups (broad SMARTS) is 2. The van der Waals surface area contributed by atoms with Crippen LogP contribution in [0.4, 0.5) is 4.79 Å². The Hall–Kier alpha value is -2.69. The first-order valence-corrected chi connectivity index (χ1v) is 7.49. The number of nitrogens with zero attached hydrogens (tertiary/aromatic N) is 1. The fourth-order valence-corrected chi connectivity index (χ4v) is 1.76. The van der Waals surface area contributed by atoms with Crippen LogP contribution in [0.2, 0.25) is 0 Å². The number of hydrogen-bond donors (Lipinski definition) is 5. The number of amides is 1. The Kier molecular flexibility index (Phi) is 9.89. The van der Waals surface area contributed by atoms with Gasteiger partial charge in [-0.25, -0.2) is 14.4 Å². The van der Waals surface area contributed by atoms with Gasteiger partial charge >= 0.3 is 18.0 Å². The maximum atomic E-state index is 10.7. The summed E-state index contributed by atoms with van der Waals surface area (Å²) in [6, 6.07) is 5.65. The highest BCUT2D eigenvalue weighted by Crippen LogP contribution is 2.21. The SMILES string of the molecule is Cc1c(CCN(C)C)cccc1OC(N)=O.O=C(O)C(O)C(O)C(=O)O. The van der Waals surface area contributed by atoms with Gasteiger partial charge in [-0.2, -0.15) is 0 Å². The molecule has 1 aromatic carbocycles. The fourth-order valence-electron chi connectivity index (χ4n) is 1.76. The van der Waals surface area contributed by atoms with Crippen LogP contribution in [-0.4, -0.2) is 76.2 Å². The summed E-state index contributed by atoms with van der Waals surface area (Å²) in [5, 5.41) is 32.5. The summed E-state index contributed by atoms with van der Waals surface area (Å²) in [5.41, 5.74) is 7.14. The highest BCUT2D eigenvalue weighted by molar-refractivity contribution is 5.83. The molecule has 146 valence electrons. The van der Waals surface area contributed by atoms with Crippen molar-refractivity contribution >= 4 is 18.0 Å². The van der Waals surface area contributed by atoms with Gasteiger partial charge in [0.25, 0.3) is 0 Å². The van der Waals surface area contributed by atoms with Crippen LogP contribution in [0.5, 0.6) is 5.75 Å². The van der Waals surface area contributed by atoms with E-state index in [1.807, 2.05) is 33.2 Å². The minimum absolute atomic E-state index is 0.545. The number of carbonyl (C=O) groups is 3. The summed E-state index contributed by atoms with van der Waals surface area (Å²) in [6.07, 6.45) is -4.38. The maximum absolute atomic E-state index is 10.7. The lowest BCUT2D eigenvalue weighted by Gasteiger charge is -2.13. The number of carbonyl (C=O) groups excluding carboxylic acids is 1. The monoisotopic (exact) mass is 372 g/mol. The molecule has 0 aliphatic carbocycles. The van der Waals surface area contributed by atoms with Crippen molar-refractivity contribution in [3.63, 3.8) is 0 Å². The van der Waals surface area contributed by atoms with Gasteiger partial charge < -0.3 is 35.8 Å². The number of likely N-dealkylation sites (N-methyl/N-ethyl adjacent to an activating group) is 1. The Morgan fingerprint density at radius 1 is 1.12 bits per heavy atom. The quantitative estimate of drug-likeness (QED) is 0.420. The fraction of sp³-hybridized carbons (Fsp3) is 0.438. The minimum atomic E-state index is -2.27. The van der Waals surface area contributed by atoms with E-state index in [2.05, 4.69) is 4.90 Å². The lowest BCUT2D eigenvalue weighted by Crippen LogP contribution is -2.39. The predicted molar refractivity (Wildman–Crippen MR) is 90.9 cm³/mol. The molecule has 0 aliphatic rings. The molecule has 0 aliphatic heterocycles. The Bertz CT molecular complexity index is 615. The van der Waals surface area contributed by atoms with Crippen LogP contribution in [-0.2, 0) is 16.0 Å². The van der Waals surface area contributed by atoms with E-state index in [4.69, 9.17) is 30.9 Å². The van der Waals surface area contributed by atoms with Crippen LogP contribution in [0.1, 0.15) is 11.1 Å². The van der Waals surface area contributed by atoms with E-state index in [0.29, 0.717) is 5.75 Å². The molecule has 0 bridgehead atoms. The zero-order valence-electron chi connectivity index (χ0n) is 14.7. The molecule has 1 rings (SSSR count). The Morgan fingerprint density at radius 3 is 2.00 bits per heavy atom. The van der Waals surface area contributed by atoms with Crippen molar-refractivity contribution in [3.8, 4) is 5.75 Å². The lowest BCUT2D eigenvalue weighted by molar-refractivity contribution is -0.165. The van der Waals surface area contributed by atoms with E-state index in [1.54, 1.807) is 6.07 Å². The Balaban J connectivity index is 0.000000541. The topological polar surface area (TPSA) is 171 Å². The van der Waals surface area contributed by atoms with Gasteiger partial charge in [-0.05, 0) is 44.6 Å². The molecule has 26 heavy (non-hydrogen) atoms. The van der Waals surface area contributed by atoms with Crippen molar-refractivity contribution in [1.82, 2.24) is 4.90 Å². The van der Waals surface area contributed by atoms with Crippen LogP contribution in [0.25, 0.3) is 0 Å². The number of primary amides is 1. The third kappa shape index (κ3) is 8.42. The number of carboxylic acids is 2. The van der Waals surface area contributed by atoms with Crippen LogP contribution < -0.4 is 10.5 Å². The van der Waals surface area contributed by atoms with Crippen molar-refractivity contribution in [3.05, 3.63) is 29.3 Å². The molecule has 0 spiro atoms. The number of nitrogens with two attached hydrogens (primary N) is 1. The van der Waals surface area contributed by atoms with Gasteiger partial charge in [-0.1, -0.05) is 12.1 Å². The minimum Gasteiger partial charge on any atom is -0.479 e. The number of hydrogen-bond acceptors (Lipinski definition) is 7. The third-order valence-electron chi connectivity index (χ3n) is 3.24. The molecular weight excluding hydrogens is 348 g/mol. The second-order valence-electron chi connectivity index (χ2n) is 5.58. The maximum Gasteiger partial charge on any atom is 0.409 e. The summed E-state index contributed by atoms with van der Waals surface area (Å²) < 4.78 is 4.92. The van der Waals surface area contributed by atoms with Crippen LogP contribution in [0, 0.1) is 6.92 Å². The van der Waals surface area contributed by atoms with Gasteiger partial charge in [0.05, 0.1) is 0 Å². The molecule has 0 saturated heterocycles. The molecule has 2 atom stereocenters. The van der Waals surface area contributed by atoms with E-state index < -0.39 is 30.2 Å². The Labute approximate surface area is 150 Å². The molecule has 1 amide bonds. The smallest absolute Gasteiger partial charge is 0.409 e. The Morgan fingerprint density at radius 2 is 1.62 bits per heavy atom. The van der Waals surface area contributed by atoms with Gasteiger partial charge in [-0.15, -0.1) is 0 Å². The molecule has 10 heteroatoms. The summed E-state index contributed by atoms with van der Waals surface area (Å²) >= 11 is 0. The average Bonchev–Trinajstić information content (AvgIpc) is 2.54. The summed E-state index contributed by atoms with van der Waals surface area (Å²) in [5.74, 6) is -2.99. The largest absolute Gasteiger partial charge is 0.479 e. The highest BCUT2D eigenvalue weighted by Gasteiger charge is 2.29. The highest BCUT2D eigenvalue weighted by atomic mass is 16.5. The summed E-state index contributed by atoms with van der Waals surface area (Å²) in [6.45, 7) is 2.89. The van der Waals surface area contributed by atoms with Crippen LogP contribution in [0.15, 0.2) is 18.2 Å². The summed E-state index contributed by atoms with van der Waals surface area (Å²) in [4.78, 5) is 32.3. The average molecular weight is 372 g/mol. The third-order valence-corrected chi connectivity index (χ3v) is 3.24. The number of rotatable bonds is 7. The molecule has 10 nitrogen and oxygen atoms in total. The van der Waals surface area contributed by atoms with Gasteiger partial charge in [0.1, 0.15) is 5.75 Å². The van der Waals surface area contributed by atoms with Crippen molar-refractivity contribution in [2.45, 2.75) is 25.6 Å². The number of aliphatic hydroxyl groups is 2. The number of ether oxygens (including phenoxy) is 1. The van der Waals surface area contributed by atoms with E-state index in [0.717, 1.165) is 18.5 Å². The first-order valence-electron chi connectivity index (χ1n) is 7.49. The zero-order valence-corrected chi connectivity index (χ0v) is 14.7. The number of benzene rings is 1. The van der Waals surface area contributed by atoms with Crippen LogP contribution in [0.3, 0.4) is 0 Å². The summed E-state index contributed by atoms with van der Waals surface area (Å²) in [7, 11) is 4.05. The zero-order chi connectivity index (χ0) is 20.4. The number of aliphatic carboxylic acids is 2. The standard InChI is InChI=1S/C12H18N2O2.C4H6O6/c1-9-10(7-8-14(2)3)5-4-6-11(9)16-12(13)15;5-1(3(7)8)2(6)4(9)10/h4-6H,7-8H2,1-3H3,(H2,13,15);1-2,5-6H,(H,7,8)(H,9,10).